The van der Waals surface area contributed by atoms with Gasteiger partial charge in [-0.15, -0.1) is 0 Å². The third-order valence-electron chi connectivity index (χ3n) is 2.38. The van der Waals surface area contributed by atoms with Crippen molar-refractivity contribution in [2.75, 3.05) is 19.0 Å². The Balaban J connectivity index is 1.94. The van der Waals surface area contributed by atoms with Crippen molar-refractivity contribution in [3.05, 3.63) is 0 Å². The highest BCUT2D eigenvalue weighted by Gasteiger charge is 2.13. The SMILES string of the molecule is O=C(CS)OCCOC1CCCCC1. The molecule has 0 saturated heterocycles. The van der Waals surface area contributed by atoms with Crippen LogP contribution in [0, 0.1) is 0 Å². The van der Waals surface area contributed by atoms with Gasteiger partial charge in [0.05, 0.1) is 18.5 Å². The number of ether oxygens (including phenoxy) is 2. The van der Waals surface area contributed by atoms with Crippen LogP contribution < -0.4 is 0 Å². The zero-order valence-electron chi connectivity index (χ0n) is 8.41. The second kappa shape index (κ2) is 7.12. The van der Waals surface area contributed by atoms with Gasteiger partial charge in [-0.1, -0.05) is 19.3 Å². The van der Waals surface area contributed by atoms with Crippen LogP contribution in [-0.4, -0.2) is 31.0 Å². The first-order chi connectivity index (χ1) is 6.83. The van der Waals surface area contributed by atoms with Gasteiger partial charge < -0.3 is 9.47 Å². The lowest BCUT2D eigenvalue weighted by Gasteiger charge is -2.21. The van der Waals surface area contributed by atoms with Crippen LogP contribution in [0.4, 0.5) is 0 Å². The van der Waals surface area contributed by atoms with E-state index in [4.69, 9.17) is 9.47 Å². The van der Waals surface area contributed by atoms with E-state index in [2.05, 4.69) is 12.6 Å². The normalized spacial score (nSPS) is 18.1. The maximum atomic E-state index is 10.7. The summed E-state index contributed by atoms with van der Waals surface area (Å²) in [5.41, 5.74) is 0. The van der Waals surface area contributed by atoms with Gasteiger partial charge in [0.2, 0.25) is 0 Å². The van der Waals surface area contributed by atoms with Crippen LogP contribution in [0.5, 0.6) is 0 Å². The largest absolute Gasteiger partial charge is 0.463 e. The molecule has 0 N–H and O–H groups in total. The minimum Gasteiger partial charge on any atom is -0.463 e. The van der Waals surface area contributed by atoms with Crippen LogP contribution in [0.1, 0.15) is 32.1 Å². The lowest BCUT2D eigenvalue weighted by Crippen LogP contribution is -2.20. The molecule has 0 amide bonds. The lowest BCUT2D eigenvalue weighted by molar-refractivity contribution is -0.142. The molecule has 82 valence electrons. The van der Waals surface area contributed by atoms with Crippen LogP contribution in [0.3, 0.4) is 0 Å². The maximum absolute atomic E-state index is 10.7. The van der Waals surface area contributed by atoms with Gasteiger partial charge in [0, 0.05) is 0 Å². The van der Waals surface area contributed by atoms with E-state index < -0.39 is 0 Å². The summed E-state index contributed by atoms with van der Waals surface area (Å²) in [7, 11) is 0. The van der Waals surface area contributed by atoms with Gasteiger partial charge in [-0.25, -0.2) is 0 Å². The van der Waals surface area contributed by atoms with Gasteiger partial charge in [0.1, 0.15) is 6.61 Å². The van der Waals surface area contributed by atoms with Crippen molar-refractivity contribution < 1.29 is 14.3 Å². The van der Waals surface area contributed by atoms with E-state index in [1.165, 1.54) is 19.3 Å². The number of hydrogen-bond donors (Lipinski definition) is 1. The molecule has 0 aromatic heterocycles. The fourth-order valence-electron chi connectivity index (χ4n) is 1.65. The Morgan fingerprint density at radius 3 is 2.57 bits per heavy atom. The fourth-order valence-corrected chi connectivity index (χ4v) is 1.74. The Morgan fingerprint density at radius 2 is 1.93 bits per heavy atom. The van der Waals surface area contributed by atoms with Crippen molar-refractivity contribution in [3.63, 3.8) is 0 Å². The van der Waals surface area contributed by atoms with Crippen LogP contribution in [0.2, 0.25) is 0 Å². The third-order valence-corrected chi connectivity index (χ3v) is 2.64. The Kier molecular flexibility index (Phi) is 6.03. The summed E-state index contributed by atoms with van der Waals surface area (Å²) >= 11 is 3.80. The van der Waals surface area contributed by atoms with E-state index >= 15 is 0 Å². The third kappa shape index (κ3) is 4.86. The average molecular weight is 218 g/mol. The van der Waals surface area contributed by atoms with Crippen LogP contribution in [-0.2, 0) is 14.3 Å². The number of carbonyl (C=O) groups excluding carboxylic acids is 1. The predicted octanol–water partition coefficient (Wildman–Crippen LogP) is 1.81. The smallest absolute Gasteiger partial charge is 0.315 e. The van der Waals surface area contributed by atoms with E-state index in [1.54, 1.807) is 0 Å². The van der Waals surface area contributed by atoms with Gasteiger partial charge >= 0.3 is 5.97 Å². The summed E-state index contributed by atoms with van der Waals surface area (Å²) < 4.78 is 10.4. The van der Waals surface area contributed by atoms with Crippen molar-refractivity contribution in [2.45, 2.75) is 38.2 Å². The standard InChI is InChI=1S/C10H18O3S/c11-10(8-14)13-7-6-12-9-4-2-1-3-5-9/h9,14H,1-8H2. The molecule has 1 fully saturated rings. The molecule has 0 heterocycles. The zero-order valence-corrected chi connectivity index (χ0v) is 9.30. The minimum absolute atomic E-state index is 0.142. The molecule has 1 saturated carbocycles. The molecule has 1 aliphatic rings. The molecular formula is C10H18O3S. The first-order valence-corrected chi connectivity index (χ1v) is 5.84. The molecule has 0 bridgehead atoms. The fraction of sp³-hybridized carbons (Fsp3) is 0.900. The highest BCUT2D eigenvalue weighted by Crippen LogP contribution is 2.19. The topological polar surface area (TPSA) is 35.5 Å². The monoisotopic (exact) mass is 218 g/mol. The zero-order chi connectivity index (χ0) is 10.2. The van der Waals surface area contributed by atoms with Crippen molar-refractivity contribution in [1.29, 1.82) is 0 Å². The van der Waals surface area contributed by atoms with Gasteiger partial charge in [-0.05, 0) is 12.8 Å². The molecule has 0 aromatic carbocycles. The minimum atomic E-state index is -0.277. The summed E-state index contributed by atoms with van der Waals surface area (Å²) in [6.45, 7) is 0.875. The van der Waals surface area contributed by atoms with E-state index in [0.717, 1.165) is 12.8 Å². The first-order valence-electron chi connectivity index (χ1n) is 5.21. The number of thiol groups is 1. The van der Waals surface area contributed by atoms with Crippen molar-refractivity contribution >= 4 is 18.6 Å². The molecule has 0 aliphatic heterocycles. The molecule has 0 unspecified atom stereocenters. The van der Waals surface area contributed by atoms with Crippen molar-refractivity contribution in [3.8, 4) is 0 Å². The number of hydrogen-bond acceptors (Lipinski definition) is 4. The van der Waals surface area contributed by atoms with Gasteiger partial charge in [0.25, 0.3) is 0 Å². The molecule has 0 atom stereocenters. The summed E-state index contributed by atoms with van der Waals surface area (Å²) in [5.74, 6) is -0.135. The molecular weight excluding hydrogens is 200 g/mol. The van der Waals surface area contributed by atoms with Gasteiger partial charge in [-0.2, -0.15) is 12.6 Å². The van der Waals surface area contributed by atoms with E-state index in [0.29, 0.717) is 19.3 Å². The van der Waals surface area contributed by atoms with Crippen molar-refractivity contribution in [2.24, 2.45) is 0 Å². The molecule has 14 heavy (non-hydrogen) atoms. The predicted molar refractivity (Wildman–Crippen MR) is 57.6 cm³/mol. The summed E-state index contributed by atoms with van der Waals surface area (Å²) in [6.07, 6.45) is 6.55. The summed E-state index contributed by atoms with van der Waals surface area (Å²) in [6, 6.07) is 0. The molecule has 0 spiro atoms. The Labute approximate surface area is 90.6 Å². The average Bonchev–Trinajstić information content (AvgIpc) is 2.25. The van der Waals surface area contributed by atoms with Crippen LogP contribution in [0.25, 0.3) is 0 Å². The number of esters is 1. The Hall–Kier alpha value is -0.220. The van der Waals surface area contributed by atoms with Gasteiger partial charge in [-0.3, -0.25) is 4.79 Å². The molecule has 1 rings (SSSR count). The highest BCUT2D eigenvalue weighted by molar-refractivity contribution is 7.81. The van der Waals surface area contributed by atoms with Gasteiger partial charge in [0.15, 0.2) is 0 Å². The second-order valence-corrected chi connectivity index (χ2v) is 3.83. The highest BCUT2D eigenvalue weighted by atomic mass is 32.1. The van der Waals surface area contributed by atoms with Crippen LogP contribution >= 0.6 is 12.6 Å². The first kappa shape index (κ1) is 11.9. The summed E-state index contributed by atoms with van der Waals surface area (Å²) in [4.78, 5) is 10.7. The van der Waals surface area contributed by atoms with Crippen LogP contribution in [0.15, 0.2) is 0 Å². The number of carbonyl (C=O) groups is 1. The molecule has 4 heteroatoms. The van der Waals surface area contributed by atoms with E-state index in [-0.39, 0.29) is 11.7 Å². The van der Waals surface area contributed by atoms with Crippen molar-refractivity contribution in [1.82, 2.24) is 0 Å². The Morgan fingerprint density at radius 1 is 1.21 bits per heavy atom. The second-order valence-electron chi connectivity index (χ2n) is 3.51. The summed E-state index contributed by atoms with van der Waals surface area (Å²) in [5, 5.41) is 0. The molecule has 0 radical (unpaired) electrons. The lowest BCUT2D eigenvalue weighted by atomic mass is 9.98. The molecule has 3 nitrogen and oxygen atoms in total. The van der Waals surface area contributed by atoms with E-state index in [9.17, 15) is 4.79 Å². The number of rotatable bonds is 5. The maximum Gasteiger partial charge on any atom is 0.315 e. The molecule has 1 aliphatic carbocycles. The quantitative estimate of drug-likeness (QED) is 0.434. The molecule has 0 aromatic rings. The van der Waals surface area contributed by atoms with E-state index in [1.807, 2.05) is 0 Å². The Bertz CT molecular complexity index is 167.